The third-order valence-corrected chi connectivity index (χ3v) is 5.95. The molecule has 1 aliphatic carbocycles. The van der Waals surface area contributed by atoms with Gasteiger partial charge in [-0.05, 0) is 19.3 Å². The normalized spacial score (nSPS) is 18.6. The van der Waals surface area contributed by atoms with Crippen molar-refractivity contribution in [1.29, 1.82) is 0 Å². The Balaban J connectivity index is 1.26. The van der Waals surface area contributed by atoms with E-state index in [1.165, 1.54) is 19.3 Å². The van der Waals surface area contributed by atoms with Gasteiger partial charge in [0.1, 0.15) is 0 Å². The fourth-order valence-electron chi connectivity index (χ4n) is 3.60. The van der Waals surface area contributed by atoms with Gasteiger partial charge in [-0.2, -0.15) is 0 Å². The number of nitrogens with one attached hydrogen (secondary N) is 2. The van der Waals surface area contributed by atoms with Gasteiger partial charge in [0.2, 0.25) is 5.91 Å². The van der Waals surface area contributed by atoms with Crippen LogP contribution in [0.2, 0.25) is 0 Å². The molecule has 7 nitrogen and oxygen atoms in total. The minimum absolute atomic E-state index is 0.0959. The first-order valence-corrected chi connectivity index (χ1v) is 10.6. The van der Waals surface area contributed by atoms with E-state index < -0.39 is 0 Å². The van der Waals surface area contributed by atoms with Crippen molar-refractivity contribution in [3.63, 3.8) is 0 Å². The number of rotatable bonds is 6. The van der Waals surface area contributed by atoms with Crippen LogP contribution in [0.3, 0.4) is 0 Å². The van der Waals surface area contributed by atoms with E-state index >= 15 is 0 Å². The van der Waals surface area contributed by atoms with Crippen LogP contribution in [0.15, 0.2) is 11.6 Å². The standard InChI is InChI=1S/C18H29N5O2S/c24-16(22-10-12-23(13-11-22)18-20-9-14-26-18)7-4-8-19-17(25)21-15-5-2-1-3-6-15/h9,14-15H,1-8,10-13H2,(H2,19,21,25). The molecule has 0 atom stereocenters. The zero-order valence-corrected chi connectivity index (χ0v) is 16.1. The summed E-state index contributed by atoms with van der Waals surface area (Å²) in [4.78, 5) is 32.7. The highest BCUT2D eigenvalue weighted by atomic mass is 32.1. The van der Waals surface area contributed by atoms with Crippen molar-refractivity contribution in [2.75, 3.05) is 37.6 Å². The van der Waals surface area contributed by atoms with Gasteiger partial charge in [0, 0.05) is 56.8 Å². The highest BCUT2D eigenvalue weighted by Crippen LogP contribution is 2.19. The number of aromatic nitrogens is 1. The second-order valence-corrected chi connectivity index (χ2v) is 7.89. The Morgan fingerprint density at radius 1 is 1.15 bits per heavy atom. The van der Waals surface area contributed by atoms with Crippen LogP contribution in [0.5, 0.6) is 0 Å². The van der Waals surface area contributed by atoms with Gasteiger partial charge in [0.25, 0.3) is 0 Å². The van der Waals surface area contributed by atoms with Gasteiger partial charge in [-0.15, -0.1) is 11.3 Å². The molecule has 1 aromatic heterocycles. The summed E-state index contributed by atoms with van der Waals surface area (Å²) < 4.78 is 0. The van der Waals surface area contributed by atoms with Gasteiger partial charge >= 0.3 is 6.03 Å². The molecule has 0 unspecified atom stereocenters. The maximum absolute atomic E-state index is 12.3. The summed E-state index contributed by atoms with van der Waals surface area (Å²) >= 11 is 1.64. The fraction of sp³-hybridized carbons (Fsp3) is 0.722. The van der Waals surface area contributed by atoms with E-state index in [0.717, 1.165) is 44.2 Å². The lowest BCUT2D eigenvalue weighted by Crippen LogP contribution is -2.49. The average molecular weight is 380 g/mol. The van der Waals surface area contributed by atoms with Crippen molar-refractivity contribution in [3.8, 4) is 0 Å². The first kappa shape index (κ1) is 18.9. The molecule has 26 heavy (non-hydrogen) atoms. The van der Waals surface area contributed by atoms with Gasteiger partial charge in [-0.25, -0.2) is 9.78 Å². The van der Waals surface area contributed by atoms with Crippen molar-refractivity contribution in [2.45, 2.75) is 51.0 Å². The number of urea groups is 1. The monoisotopic (exact) mass is 379 g/mol. The number of nitrogens with zero attached hydrogens (tertiary/aromatic N) is 3. The SMILES string of the molecule is O=C(NCCCC(=O)N1CCN(c2nccs2)CC1)NC1CCCCC1. The van der Waals surface area contributed by atoms with E-state index in [-0.39, 0.29) is 11.9 Å². The summed E-state index contributed by atoms with van der Waals surface area (Å²) in [6.07, 6.45) is 8.84. The lowest BCUT2D eigenvalue weighted by Gasteiger charge is -2.34. The van der Waals surface area contributed by atoms with Crippen LogP contribution < -0.4 is 15.5 Å². The first-order chi connectivity index (χ1) is 12.7. The summed E-state index contributed by atoms with van der Waals surface area (Å²) in [5.41, 5.74) is 0. The van der Waals surface area contributed by atoms with Crippen LogP contribution in [0, 0.1) is 0 Å². The molecular weight excluding hydrogens is 350 g/mol. The van der Waals surface area contributed by atoms with Crippen LogP contribution in [0.25, 0.3) is 0 Å². The highest BCUT2D eigenvalue weighted by molar-refractivity contribution is 7.13. The molecule has 1 saturated heterocycles. The van der Waals surface area contributed by atoms with E-state index in [2.05, 4.69) is 20.5 Å². The second-order valence-electron chi connectivity index (χ2n) is 7.02. The zero-order chi connectivity index (χ0) is 18.2. The second kappa shape index (κ2) is 9.75. The number of anilines is 1. The topological polar surface area (TPSA) is 77.6 Å². The molecule has 1 aliphatic heterocycles. The molecule has 3 amide bonds. The van der Waals surface area contributed by atoms with Gasteiger partial charge in [-0.1, -0.05) is 19.3 Å². The van der Waals surface area contributed by atoms with Crippen molar-refractivity contribution in [2.24, 2.45) is 0 Å². The van der Waals surface area contributed by atoms with Crippen molar-refractivity contribution < 1.29 is 9.59 Å². The highest BCUT2D eigenvalue weighted by Gasteiger charge is 2.22. The predicted molar refractivity (Wildman–Crippen MR) is 104 cm³/mol. The molecule has 2 heterocycles. The Kier molecular flexibility index (Phi) is 7.11. The van der Waals surface area contributed by atoms with E-state index in [9.17, 15) is 9.59 Å². The third kappa shape index (κ3) is 5.59. The smallest absolute Gasteiger partial charge is 0.315 e. The Labute approximate surface area is 159 Å². The van der Waals surface area contributed by atoms with Crippen LogP contribution in [-0.2, 0) is 4.79 Å². The molecule has 1 saturated carbocycles. The number of hydrogen-bond donors (Lipinski definition) is 2. The van der Waals surface area contributed by atoms with Gasteiger partial charge in [0.15, 0.2) is 5.13 Å². The van der Waals surface area contributed by atoms with E-state index in [1.807, 2.05) is 16.5 Å². The van der Waals surface area contributed by atoms with Gasteiger partial charge in [0.05, 0.1) is 0 Å². The van der Waals surface area contributed by atoms with Crippen LogP contribution in [-0.4, -0.2) is 60.6 Å². The van der Waals surface area contributed by atoms with Gasteiger partial charge < -0.3 is 20.4 Å². The van der Waals surface area contributed by atoms with E-state index in [0.29, 0.717) is 25.4 Å². The number of piperazine rings is 1. The number of thiazole rings is 1. The van der Waals surface area contributed by atoms with Crippen molar-refractivity contribution in [1.82, 2.24) is 20.5 Å². The molecule has 2 fully saturated rings. The predicted octanol–water partition coefficient (Wildman–Crippen LogP) is 2.20. The Bertz CT molecular complexity index is 566. The van der Waals surface area contributed by atoms with Gasteiger partial charge in [-0.3, -0.25) is 4.79 Å². The van der Waals surface area contributed by atoms with Crippen LogP contribution in [0.1, 0.15) is 44.9 Å². The molecule has 2 N–H and O–H groups in total. The Morgan fingerprint density at radius 2 is 1.92 bits per heavy atom. The molecule has 144 valence electrons. The maximum atomic E-state index is 12.3. The minimum atomic E-state index is -0.0959. The number of hydrogen-bond acceptors (Lipinski definition) is 5. The Morgan fingerprint density at radius 3 is 2.62 bits per heavy atom. The van der Waals surface area contributed by atoms with E-state index in [4.69, 9.17) is 0 Å². The molecule has 1 aromatic rings. The lowest BCUT2D eigenvalue weighted by molar-refractivity contribution is -0.131. The molecule has 8 heteroatoms. The quantitative estimate of drug-likeness (QED) is 0.743. The third-order valence-electron chi connectivity index (χ3n) is 5.12. The average Bonchev–Trinajstić information content (AvgIpc) is 3.21. The summed E-state index contributed by atoms with van der Waals surface area (Å²) in [6.45, 7) is 3.70. The molecular formula is C18H29N5O2S. The minimum Gasteiger partial charge on any atom is -0.345 e. The summed E-state index contributed by atoms with van der Waals surface area (Å²) in [5.74, 6) is 0.179. The summed E-state index contributed by atoms with van der Waals surface area (Å²) in [7, 11) is 0. The summed E-state index contributed by atoms with van der Waals surface area (Å²) in [6, 6.07) is 0.223. The van der Waals surface area contributed by atoms with Crippen molar-refractivity contribution in [3.05, 3.63) is 11.6 Å². The largest absolute Gasteiger partial charge is 0.345 e. The molecule has 0 radical (unpaired) electrons. The molecule has 0 spiro atoms. The Hall–Kier alpha value is -1.83. The first-order valence-electron chi connectivity index (χ1n) is 9.69. The lowest BCUT2D eigenvalue weighted by atomic mass is 9.96. The molecule has 2 aliphatic rings. The fourth-order valence-corrected chi connectivity index (χ4v) is 4.30. The zero-order valence-electron chi connectivity index (χ0n) is 15.3. The molecule has 3 rings (SSSR count). The van der Waals surface area contributed by atoms with Crippen LogP contribution >= 0.6 is 11.3 Å². The maximum Gasteiger partial charge on any atom is 0.315 e. The molecule has 0 bridgehead atoms. The number of carbonyl (C=O) groups is 2. The van der Waals surface area contributed by atoms with Crippen molar-refractivity contribution >= 4 is 28.4 Å². The number of carbonyl (C=O) groups excluding carboxylic acids is 2. The van der Waals surface area contributed by atoms with E-state index in [1.54, 1.807) is 11.3 Å². The summed E-state index contributed by atoms with van der Waals surface area (Å²) in [5, 5.41) is 8.92. The molecule has 0 aromatic carbocycles. The number of amides is 3. The van der Waals surface area contributed by atoms with Crippen LogP contribution in [0.4, 0.5) is 9.93 Å².